The minimum absolute atomic E-state index is 0.358. The van der Waals surface area contributed by atoms with E-state index in [1.54, 1.807) is 12.3 Å². The van der Waals surface area contributed by atoms with Gasteiger partial charge in [-0.15, -0.1) is 0 Å². The van der Waals surface area contributed by atoms with Gasteiger partial charge in [0, 0.05) is 45.6 Å². The smallest absolute Gasteiger partial charge is 0.146 e. The summed E-state index contributed by atoms with van der Waals surface area (Å²) in [6, 6.07) is 10.9. The molecule has 1 aromatic carbocycles. The largest absolute Gasteiger partial charge is 0.486 e. The molecule has 1 fully saturated rings. The SMILES string of the molecule is Cn1ccnc1COc1ccc(CNC[C@@]2(O)CCN(c3ccc(F)cn3)C2)cc1. The summed E-state index contributed by atoms with van der Waals surface area (Å²) in [4.78, 5) is 10.3. The molecule has 4 rings (SSSR count). The van der Waals surface area contributed by atoms with E-state index in [4.69, 9.17) is 4.74 Å². The monoisotopic (exact) mass is 411 g/mol. The molecule has 0 bridgehead atoms. The lowest BCUT2D eigenvalue weighted by Crippen LogP contribution is -2.43. The van der Waals surface area contributed by atoms with Gasteiger partial charge in [0.25, 0.3) is 0 Å². The lowest BCUT2D eigenvalue weighted by atomic mass is 10.0. The Morgan fingerprint density at radius 2 is 2.03 bits per heavy atom. The fourth-order valence-electron chi connectivity index (χ4n) is 3.58. The number of halogens is 1. The lowest BCUT2D eigenvalue weighted by molar-refractivity contribution is 0.0626. The van der Waals surface area contributed by atoms with Crippen LogP contribution >= 0.6 is 0 Å². The zero-order valence-corrected chi connectivity index (χ0v) is 17.0. The van der Waals surface area contributed by atoms with E-state index >= 15 is 0 Å². The lowest BCUT2D eigenvalue weighted by Gasteiger charge is -2.24. The maximum atomic E-state index is 13.0. The van der Waals surface area contributed by atoms with Crippen LogP contribution in [0.2, 0.25) is 0 Å². The van der Waals surface area contributed by atoms with Crippen LogP contribution in [0.4, 0.5) is 10.2 Å². The maximum Gasteiger partial charge on any atom is 0.146 e. The van der Waals surface area contributed by atoms with Gasteiger partial charge in [0.1, 0.15) is 29.8 Å². The second-order valence-electron chi connectivity index (χ2n) is 7.72. The first kappa shape index (κ1) is 20.3. The van der Waals surface area contributed by atoms with Gasteiger partial charge in [-0.1, -0.05) is 12.1 Å². The van der Waals surface area contributed by atoms with Crippen LogP contribution < -0.4 is 15.0 Å². The number of anilines is 1. The number of nitrogens with zero attached hydrogens (tertiary/aromatic N) is 4. The van der Waals surface area contributed by atoms with Crippen molar-refractivity contribution in [3.63, 3.8) is 0 Å². The highest BCUT2D eigenvalue weighted by atomic mass is 19.1. The van der Waals surface area contributed by atoms with Crippen LogP contribution in [0.15, 0.2) is 55.0 Å². The molecule has 1 saturated heterocycles. The molecule has 0 aliphatic carbocycles. The van der Waals surface area contributed by atoms with Gasteiger partial charge >= 0.3 is 0 Å². The van der Waals surface area contributed by atoms with Crippen molar-refractivity contribution in [1.82, 2.24) is 19.9 Å². The van der Waals surface area contributed by atoms with Crippen molar-refractivity contribution in [3.8, 4) is 5.75 Å². The van der Waals surface area contributed by atoms with E-state index in [9.17, 15) is 9.50 Å². The highest BCUT2D eigenvalue weighted by molar-refractivity contribution is 5.40. The summed E-state index contributed by atoms with van der Waals surface area (Å²) in [7, 11) is 1.94. The van der Waals surface area contributed by atoms with E-state index in [1.807, 2.05) is 47.0 Å². The number of ether oxygens (including phenoxy) is 1. The zero-order chi connectivity index (χ0) is 21.0. The maximum absolute atomic E-state index is 13.0. The normalized spacial score (nSPS) is 18.7. The number of pyridine rings is 1. The topological polar surface area (TPSA) is 75.4 Å². The molecule has 0 unspecified atom stereocenters. The van der Waals surface area contributed by atoms with Crippen LogP contribution in [0.3, 0.4) is 0 Å². The van der Waals surface area contributed by atoms with Gasteiger partial charge in [-0.3, -0.25) is 0 Å². The van der Waals surface area contributed by atoms with Crippen LogP contribution in [-0.2, 0) is 20.2 Å². The van der Waals surface area contributed by atoms with Gasteiger partial charge in [-0.2, -0.15) is 0 Å². The van der Waals surface area contributed by atoms with E-state index in [0.29, 0.717) is 45.0 Å². The fraction of sp³-hybridized carbons (Fsp3) is 0.364. The van der Waals surface area contributed by atoms with Crippen LogP contribution in [-0.4, -0.2) is 44.9 Å². The Morgan fingerprint density at radius 3 is 2.73 bits per heavy atom. The van der Waals surface area contributed by atoms with Crippen LogP contribution in [0.25, 0.3) is 0 Å². The molecule has 0 saturated carbocycles. The van der Waals surface area contributed by atoms with Gasteiger partial charge in [-0.25, -0.2) is 14.4 Å². The first-order chi connectivity index (χ1) is 14.5. The molecular weight excluding hydrogens is 385 g/mol. The van der Waals surface area contributed by atoms with Crippen molar-refractivity contribution < 1.29 is 14.2 Å². The zero-order valence-electron chi connectivity index (χ0n) is 17.0. The highest BCUT2D eigenvalue weighted by Crippen LogP contribution is 2.25. The fourth-order valence-corrected chi connectivity index (χ4v) is 3.58. The quantitative estimate of drug-likeness (QED) is 0.592. The van der Waals surface area contributed by atoms with E-state index < -0.39 is 5.60 Å². The molecule has 30 heavy (non-hydrogen) atoms. The standard InChI is InChI=1S/C22H26FN5O2/c1-27-11-9-25-21(27)14-30-19-5-2-17(3-6-19)12-24-15-22(29)8-10-28(16-22)20-7-4-18(23)13-26-20/h2-7,9,11,13,24,29H,8,10,12,14-16H2,1H3/t22-/m0/s1. The summed E-state index contributed by atoms with van der Waals surface area (Å²) in [6.45, 7) is 2.71. The predicted molar refractivity (Wildman–Crippen MR) is 112 cm³/mol. The minimum atomic E-state index is -0.832. The predicted octanol–water partition coefficient (Wildman–Crippen LogP) is 2.26. The van der Waals surface area contributed by atoms with Gasteiger partial charge in [0.2, 0.25) is 0 Å². The summed E-state index contributed by atoms with van der Waals surface area (Å²) in [6.07, 6.45) is 5.48. The average molecular weight is 411 g/mol. The van der Waals surface area contributed by atoms with Crippen molar-refractivity contribution in [3.05, 3.63) is 72.2 Å². The molecule has 0 spiro atoms. The van der Waals surface area contributed by atoms with Crippen molar-refractivity contribution in [2.75, 3.05) is 24.5 Å². The molecule has 2 aromatic heterocycles. The number of β-amino-alcohol motifs (C(OH)–C–C–N with tert-alkyl or cyclic N) is 1. The van der Waals surface area contributed by atoms with Crippen molar-refractivity contribution in [2.24, 2.45) is 7.05 Å². The Balaban J connectivity index is 1.23. The van der Waals surface area contributed by atoms with Crippen LogP contribution in [0, 0.1) is 5.82 Å². The third kappa shape index (κ3) is 4.95. The molecule has 1 atom stereocenters. The summed E-state index contributed by atoms with van der Waals surface area (Å²) in [5, 5.41) is 14.2. The Hall–Kier alpha value is -2.97. The molecular formula is C22H26FN5O2. The summed E-state index contributed by atoms with van der Waals surface area (Å²) >= 11 is 0. The number of aryl methyl sites for hydroxylation is 1. The second kappa shape index (κ2) is 8.81. The number of rotatable bonds is 8. The third-order valence-corrected chi connectivity index (χ3v) is 5.36. The molecule has 3 heterocycles. The average Bonchev–Trinajstić information content (AvgIpc) is 3.34. The van der Waals surface area contributed by atoms with E-state index in [2.05, 4.69) is 15.3 Å². The number of nitrogens with one attached hydrogen (secondary N) is 1. The van der Waals surface area contributed by atoms with E-state index in [1.165, 1.54) is 12.3 Å². The number of benzene rings is 1. The minimum Gasteiger partial charge on any atom is -0.486 e. The summed E-state index contributed by atoms with van der Waals surface area (Å²) in [5.41, 5.74) is 0.277. The molecule has 8 heteroatoms. The van der Waals surface area contributed by atoms with Crippen molar-refractivity contribution in [1.29, 1.82) is 0 Å². The van der Waals surface area contributed by atoms with Gasteiger partial charge in [0.05, 0.1) is 11.8 Å². The Bertz CT molecular complexity index is 960. The molecule has 2 N–H and O–H groups in total. The van der Waals surface area contributed by atoms with Gasteiger partial charge in [0.15, 0.2) is 0 Å². The van der Waals surface area contributed by atoms with Crippen LogP contribution in [0.5, 0.6) is 5.75 Å². The number of hydrogen-bond acceptors (Lipinski definition) is 6. The second-order valence-corrected chi connectivity index (χ2v) is 7.72. The Morgan fingerprint density at radius 1 is 1.20 bits per heavy atom. The third-order valence-electron chi connectivity index (χ3n) is 5.36. The summed E-state index contributed by atoms with van der Waals surface area (Å²) in [5.74, 6) is 1.99. The molecule has 7 nitrogen and oxygen atoms in total. The molecule has 1 aliphatic rings. The number of aromatic nitrogens is 3. The first-order valence-corrected chi connectivity index (χ1v) is 9.98. The number of hydrogen-bond donors (Lipinski definition) is 2. The first-order valence-electron chi connectivity index (χ1n) is 9.98. The summed E-state index contributed by atoms with van der Waals surface area (Å²) < 4.78 is 20.8. The Labute approximate surface area is 175 Å². The molecule has 158 valence electrons. The number of imidazole rings is 1. The Kier molecular flexibility index (Phi) is 5.96. The molecule has 0 radical (unpaired) electrons. The van der Waals surface area contributed by atoms with E-state index in [0.717, 1.165) is 17.1 Å². The molecule has 0 amide bonds. The van der Waals surface area contributed by atoms with E-state index in [-0.39, 0.29) is 5.82 Å². The van der Waals surface area contributed by atoms with Gasteiger partial charge in [-0.05, 0) is 36.2 Å². The molecule has 1 aliphatic heterocycles. The van der Waals surface area contributed by atoms with Crippen molar-refractivity contribution >= 4 is 5.82 Å². The number of aliphatic hydroxyl groups is 1. The van der Waals surface area contributed by atoms with Crippen LogP contribution in [0.1, 0.15) is 17.8 Å². The van der Waals surface area contributed by atoms with Gasteiger partial charge < -0.3 is 24.6 Å². The molecule has 3 aromatic rings. The highest BCUT2D eigenvalue weighted by Gasteiger charge is 2.36. The van der Waals surface area contributed by atoms with Crippen molar-refractivity contribution in [2.45, 2.75) is 25.2 Å².